The Balaban J connectivity index is 1.79. The van der Waals surface area contributed by atoms with Crippen molar-refractivity contribution in [2.75, 3.05) is 13.2 Å². The van der Waals surface area contributed by atoms with Gasteiger partial charge in [-0.05, 0) is 48.7 Å². The Kier molecular flexibility index (Phi) is 7.25. The van der Waals surface area contributed by atoms with Gasteiger partial charge in [0, 0.05) is 17.6 Å². The maximum Gasteiger partial charge on any atom is 0.128 e. The first-order valence-electron chi connectivity index (χ1n) is 8.02. The Morgan fingerprint density at radius 3 is 2.64 bits per heavy atom. The highest BCUT2D eigenvalue weighted by Gasteiger charge is 2.10. The lowest BCUT2D eigenvalue weighted by atomic mass is 10.1. The minimum Gasteiger partial charge on any atom is -0.546 e. The van der Waals surface area contributed by atoms with Crippen LogP contribution in [0.1, 0.15) is 24.2 Å². The second-order valence-electron chi connectivity index (χ2n) is 5.89. The van der Waals surface area contributed by atoms with E-state index in [1.54, 1.807) is 24.3 Å². The van der Waals surface area contributed by atoms with Crippen LogP contribution >= 0.6 is 11.6 Å². The van der Waals surface area contributed by atoms with Gasteiger partial charge in [-0.15, -0.1) is 0 Å². The van der Waals surface area contributed by atoms with Gasteiger partial charge in [0.2, 0.25) is 0 Å². The molecule has 25 heavy (non-hydrogen) atoms. The number of carbonyl (C=O) groups is 1. The molecule has 0 aliphatic rings. The number of hydrogen-bond donors (Lipinski definition) is 2. The Morgan fingerprint density at radius 1 is 1.28 bits per heavy atom. The summed E-state index contributed by atoms with van der Waals surface area (Å²) < 4.78 is 5.04. The predicted octanol–water partition coefficient (Wildman–Crippen LogP) is 1.72. The third-order valence-corrected chi connectivity index (χ3v) is 3.95. The van der Waals surface area contributed by atoms with E-state index in [1.165, 1.54) is 0 Å². The first-order chi connectivity index (χ1) is 11.9. The van der Waals surface area contributed by atoms with Gasteiger partial charge in [-0.25, -0.2) is 0 Å². The van der Waals surface area contributed by atoms with Gasteiger partial charge in [0.05, 0.1) is 12.1 Å². The van der Waals surface area contributed by atoms with E-state index in [2.05, 4.69) is 5.32 Å². The van der Waals surface area contributed by atoms with Gasteiger partial charge in [-0.3, -0.25) is 0 Å². The summed E-state index contributed by atoms with van der Waals surface area (Å²) in [5.41, 5.74) is 1.86. The van der Waals surface area contributed by atoms with Crippen molar-refractivity contribution in [1.29, 1.82) is 0 Å². The number of aliphatic hydroxyl groups excluding tert-OH is 1. The molecule has 0 heterocycles. The fraction of sp³-hybridized carbons (Fsp3) is 0.316. The normalized spacial score (nSPS) is 13.2. The highest BCUT2D eigenvalue weighted by molar-refractivity contribution is 6.30. The molecule has 0 amide bonds. The average Bonchev–Trinajstić information content (AvgIpc) is 2.59. The van der Waals surface area contributed by atoms with Crippen molar-refractivity contribution in [1.82, 2.24) is 5.32 Å². The van der Waals surface area contributed by atoms with Gasteiger partial charge < -0.3 is 25.1 Å². The molecule has 0 bridgehead atoms. The number of aliphatic hydroxyl groups is 1. The van der Waals surface area contributed by atoms with Gasteiger partial charge in [0.25, 0.3) is 0 Å². The number of hydrogen-bond acceptors (Lipinski definition) is 5. The molecule has 0 spiro atoms. The highest BCUT2D eigenvalue weighted by atomic mass is 35.5. The minimum absolute atomic E-state index is 0.156. The summed E-state index contributed by atoms with van der Waals surface area (Å²) in [5.74, 6) is -0.759. The van der Waals surface area contributed by atoms with Crippen molar-refractivity contribution in [2.24, 2.45) is 0 Å². The molecule has 6 heteroatoms. The lowest BCUT2D eigenvalue weighted by Crippen LogP contribution is -2.32. The quantitative estimate of drug-likeness (QED) is 0.710. The van der Waals surface area contributed by atoms with E-state index in [0.717, 1.165) is 17.5 Å². The van der Waals surface area contributed by atoms with Gasteiger partial charge in [0.1, 0.15) is 12.4 Å². The molecule has 2 aromatic rings. The van der Waals surface area contributed by atoms with Crippen LogP contribution in [0, 0.1) is 0 Å². The van der Waals surface area contributed by atoms with Gasteiger partial charge >= 0.3 is 0 Å². The summed E-state index contributed by atoms with van der Waals surface area (Å²) in [6.07, 6.45) is 0.143. The number of carbonyl (C=O) groups excluding carboxylic acids is 1. The SMILES string of the molecule is C[C@@H](Cc1ccc(OCC(=O)[O-])cc1)NC[C@@H](O)c1cccc(Cl)c1. The first-order valence-corrected chi connectivity index (χ1v) is 8.40. The molecule has 2 N–H and O–H groups in total. The molecule has 5 nitrogen and oxygen atoms in total. The van der Waals surface area contributed by atoms with Crippen molar-refractivity contribution in [3.05, 3.63) is 64.7 Å². The Morgan fingerprint density at radius 2 is 2.00 bits per heavy atom. The number of halogens is 1. The van der Waals surface area contributed by atoms with Crippen molar-refractivity contribution in [2.45, 2.75) is 25.5 Å². The molecule has 134 valence electrons. The Bertz CT molecular complexity index is 690. The zero-order valence-electron chi connectivity index (χ0n) is 13.9. The second-order valence-corrected chi connectivity index (χ2v) is 6.33. The molecular formula is C19H21ClNO4-. The van der Waals surface area contributed by atoms with Crippen LogP contribution in [0.25, 0.3) is 0 Å². The van der Waals surface area contributed by atoms with Crippen LogP contribution in [0.4, 0.5) is 0 Å². The Labute approximate surface area is 152 Å². The summed E-state index contributed by atoms with van der Waals surface area (Å²) in [5, 5.41) is 24.5. The zero-order chi connectivity index (χ0) is 18.2. The smallest absolute Gasteiger partial charge is 0.128 e. The summed E-state index contributed by atoms with van der Waals surface area (Å²) in [7, 11) is 0. The third kappa shape index (κ3) is 6.74. The summed E-state index contributed by atoms with van der Waals surface area (Å²) in [6.45, 7) is 2.00. The zero-order valence-corrected chi connectivity index (χ0v) is 14.7. The molecule has 0 aliphatic carbocycles. The number of benzene rings is 2. The summed E-state index contributed by atoms with van der Waals surface area (Å²) in [4.78, 5) is 10.4. The number of nitrogens with one attached hydrogen (secondary N) is 1. The lowest BCUT2D eigenvalue weighted by Gasteiger charge is -2.18. The molecule has 2 atom stereocenters. The van der Waals surface area contributed by atoms with E-state index in [9.17, 15) is 15.0 Å². The Hall–Kier alpha value is -2.08. The standard InChI is InChI=1S/C19H22ClNO4/c1-13(21-11-18(22)15-3-2-4-16(20)10-15)9-14-5-7-17(8-6-14)25-12-19(23)24/h2-8,10,13,18,21-22H,9,11-12H2,1H3,(H,23,24)/p-1/t13-,18+/m0/s1. The van der Waals surface area contributed by atoms with Crippen molar-refractivity contribution in [3.63, 3.8) is 0 Å². The van der Waals surface area contributed by atoms with E-state index in [4.69, 9.17) is 16.3 Å². The van der Waals surface area contributed by atoms with Crippen LogP contribution in [-0.4, -0.2) is 30.3 Å². The van der Waals surface area contributed by atoms with E-state index in [-0.39, 0.29) is 6.04 Å². The van der Waals surface area contributed by atoms with Crippen LogP contribution in [0.2, 0.25) is 5.02 Å². The number of carboxylic acids is 1. The first kappa shape index (κ1) is 19.2. The maximum atomic E-state index is 10.4. The minimum atomic E-state index is -1.25. The fourth-order valence-corrected chi connectivity index (χ4v) is 2.63. The molecule has 0 unspecified atom stereocenters. The molecule has 0 saturated carbocycles. The predicted molar refractivity (Wildman–Crippen MR) is 94.5 cm³/mol. The summed E-state index contributed by atoms with van der Waals surface area (Å²) in [6, 6.07) is 14.6. The van der Waals surface area contributed by atoms with Gasteiger partial charge in [-0.2, -0.15) is 0 Å². The van der Waals surface area contributed by atoms with Crippen molar-refractivity contribution >= 4 is 17.6 Å². The molecule has 0 saturated heterocycles. The summed E-state index contributed by atoms with van der Waals surface area (Å²) >= 11 is 5.93. The largest absolute Gasteiger partial charge is 0.546 e. The number of ether oxygens (including phenoxy) is 1. The van der Waals surface area contributed by atoms with E-state index < -0.39 is 18.7 Å². The van der Waals surface area contributed by atoms with E-state index >= 15 is 0 Å². The monoisotopic (exact) mass is 362 g/mol. The average molecular weight is 363 g/mol. The number of carboxylic acid groups (broad SMARTS) is 1. The van der Waals surface area contributed by atoms with Gasteiger partial charge in [-0.1, -0.05) is 35.9 Å². The van der Waals surface area contributed by atoms with Crippen LogP contribution in [-0.2, 0) is 11.2 Å². The molecule has 2 aromatic carbocycles. The highest BCUT2D eigenvalue weighted by Crippen LogP contribution is 2.17. The fourth-order valence-electron chi connectivity index (χ4n) is 2.43. The molecule has 0 radical (unpaired) electrons. The van der Waals surface area contributed by atoms with Crippen molar-refractivity contribution in [3.8, 4) is 5.75 Å². The van der Waals surface area contributed by atoms with Crippen LogP contribution in [0.5, 0.6) is 5.75 Å². The topological polar surface area (TPSA) is 81.6 Å². The molecule has 2 rings (SSSR count). The van der Waals surface area contributed by atoms with Crippen molar-refractivity contribution < 1.29 is 19.7 Å². The van der Waals surface area contributed by atoms with Gasteiger partial charge in [0.15, 0.2) is 0 Å². The third-order valence-electron chi connectivity index (χ3n) is 3.72. The van der Waals surface area contributed by atoms with E-state index in [0.29, 0.717) is 17.3 Å². The van der Waals surface area contributed by atoms with Crippen LogP contribution < -0.4 is 15.2 Å². The molecule has 0 aromatic heterocycles. The van der Waals surface area contributed by atoms with Crippen LogP contribution in [0.15, 0.2) is 48.5 Å². The maximum absolute atomic E-state index is 10.4. The lowest BCUT2D eigenvalue weighted by molar-refractivity contribution is -0.307. The van der Waals surface area contributed by atoms with E-state index in [1.807, 2.05) is 31.2 Å². The molecular weight excluding hydrogens is 342 g/mol. The number of rotatable bonds is 9. The second kappa shape index (κ2) is 9.42. The molecule has 0 aliphatic heterocycles. The number of aliphatic carboxylic acids is 1. The molecule has 0 fully saturated rings. The van der Waals surface area contributed by atoms with Crippen LogP contribution in [0.3, 0.4) is 0 Å².